The van der Waals surface area contributed by atoms with Crippen molar-refractivity contribution in [2.24, 2.45) is 0 Å². The molecule has 3 aromatic rings. The average molecular weight is 461 g/mol. The van der Waals surface area contributed by atoms with E-state index in [4.69, 9.17) is 9.47 Å². The molecule has 7 heteroatoms. The van der Waals surface area contributed by atoms with Gasteiger partial charge in [-0.2, -0.15) is 0 Å². The van der Waals surface area contributed by atoms with Crippen LogP contribution < -0.4 is 14.4 Å². The van der Waals surface area contributed by atoms with Crippen LogP contribution in [0.5, 0.6) is 17.2 Å². The van der Waals surface area contributed by atoms with Gasteiger partial charge in [0.1, 0.15) is 23.1 Å². The highest BCUT2D eigenvalue weighted by Gasteiger charge is 2.32. The molecule has 2 aliphatic rings. The lowest BCUT2D eigenvalue weighted by atomic mass is 10.0. The van der Waals surface area contributed by atoms with Crippen molar-refractivity contribution in [3.63, 3.8) is 0 Å². The van der Waals surface area contributed by atoms with Crippen molar-refractivity contribution in [2.75, 3.05) is 38.2 Å². The molecule has 1 N–H and O–H groups in total. The van der Waals surface area contributed by atoms with Gasteiger partial charge in [-0.25, -0.2) is 4.39 Å². The molecular formula is C27H25FN2O4. The van der Waals surface area contributed by atoms with E-state index in [0.29, 0.717) is 23.4 Å². The number of benzene rings is 3. The minimum Gasteiger partial charge on any atom is -0.507 e. The van der Waals surface area contributed by atoms with E-state index in [1.54, 1.807) is 37.5 Å². The van der Waals surface area contributed by atoms with Gasteiger partial charge in [0.2, 0.25) is 5.78 Å². The number of carbonyl (C=O) groups is 1. The standard InChI is InChI=1S/C27H25FN2O4/c1-33-21-8-2-18(3-9-21)16-25-26(32)22-10-11-24(31)23(27(22)34-25)17-29-12-14-30(15-13-29)20-6-4-19(28)5-7-20/h2-11,16,31H,12-15,17H2,1H3/b25-16-. The lowest BCUT2D eigenvalue weighted by Gasteiger charge is -2.36. The molecule has 0 amide bonds. The number of phenols is 1. The van der Waals surface area contributed by atoms with Crippen LogP contribution in [0.4, 0.5) is 10.1 Å². The first-order valence-corrected chi connectivity index (χ1v) is 11.2. The number of halogens is 1. The van der Waals surface area contributed by atoms with Gasteiger partial charge in [0, 0.05) is 38.4 Å². The van der Waals surface area contributed by atoms with Gasteiger partial charge in [-0.3, -0.25) is 9.69 Å². The maximum atomic E-state index is 13.2. The summed E-state index contributed by atoms with van der Waals surface area (Å²) < 4.78 is 24.4. The highest BCUT2D eigenvalue weighted by molar-refractivity contribution is 6.15. The molecule has 0 radical (unpaired) electrons. The molecule has 0 aliphatic carbocycles. The Kier molecular flexibility index (Phi) is 5.94. The number of aromatic hydroxyl groups is 1. The van der Waals surface area contributed by atoms with E-state index in [9.17, 15) is 14.3 Å². The van der Waals surface area contributed by atoms with Crippen molar-refractivity contribution >= 4 is 17.5 Å². The molecule has 0 aromatic heterocycles. The second-order valence-electron chi connectivity index (χ2n) is 8.39. The number of ketones is 1. The van der Waals surface area contributed by atoms with Crippen LogP contribution in [0, 0.1) is 5.82 Å². The van der Waals surface area contributed by atoms with E-state index >= 15 is 0 Å². The van der Waals surface area contributed by atoms with Gasteiger partial charge >= 0.3 is 0 Å². The predicted molar refractivity (Wildman–Crippen MR) is 128 cm³/mol. The molecule has 1 saturated heterocycles. The van der Waals surface area contributed by atoms with E-state index in [1.807, 2.05) is 24.3 Å². The Morgan fingerprint density at radius 3 is 2.38 bits per heavy atom. The van der Waals surface area contributed by atoms with Crippen LogP contribution in [0.25, 0.3) is 6.08 Å². The van der Waals surface area contributed by atoms with Crippen molar-refractivity contribution in [3.8, 4) is 17.2 Å². The Hall–Kier alpha value is -3.84. The van der Waals surface area contributed by atoms with Crippen LogP contribution in [-0.4, -0.2) is 49.1 Å². The number of nitrogens with zero attached hydrogens (tertiary/aromatic N) is 2. The Morgan fingerprint density at radius 1 is 1.00 bits per heavy atom. The fourth-order valence-corrected chi connectivity index (χ4v) is 4.34. The second kappa shape index (κ2) is 9.19. The van der Waals surface area contributed by atoms with Crippen molar-refractivity contribution < 1.29 is 23.8 Å². The highest BCUT2D eigenvalue weighted by atomic mass is 19.1. The van der Waals surface area contributed by atoms with Crippen molar-refractivity contribution in [2.45, 2.75) is 6.54 Å². The lowest BCUT2D eigenvalue weighted by Crippen LogP contribution is -2.46. The van der Waals surface area contributed by atoms with Crippen molar-refractivity contribution in [1.29, 1.82) is 0 Å². The summed E-state index contributed by atoms with van der Waals surface area (Å²) in [6.45, 7) is 3.56. The smallest absolute Gasteiger partial charge is 0.231 e. The first kappa shape index (κ1) is 22.0. The molecular weight excluding hydrogens is 435 g/mol. The number of rotatable bonds is 5. The maximum Gasteiger partial charge on any atom is 0.231 e. The fourth-order valence-electron chi connectivity index (χ4n) is 4.34. The van der Waals surface area contributed by atoms with Gasteiger partial charge in [-0.1, -0.05) is 12.1 Å². The number of Topliss-reactive ketones (excluding diaryl/α,β-unsaturated/α-hetero) is 1. The number of phenolic OH excluding ortho intramolecular Hbond substituents is 1. The molecule has 0 unspecified atom stereocenters. The van der Waals surface area contributed by atoms with Gasteiger partial charge < -0.3 is 19.5 Å². The van der Waals surface area contributed by atoms with E-state index in [0.717, 1.165) is 43.2 Å². The third kappa shape index (κ3) is 4.34. The molecule has 0 bridgehead atoms. The molecule has 3 aromatic carbocycles. The van der Waals surface area contributed by atoms with Gasteiger partial charge in [0.25, 0.3) is 0 Å². The number of hydrogen-bond donors (Lipinski definition) is 1. The van der Waals surface area contributed by atoms with E-state index < -0.39 is 0 Å². The zero-order chi connectivity index (χ0) is 23.7. The first-order valence-electron chi connectivity index (χ1n) is 11.2. The minimum absolute atomic E-state index is 0.109. The highest BCUT2D eigenvalue weighted by Crippen LogP contribution is 2.40. The Bertz CT molecular complexity index is 1230. The van der Waals surface area contributed by atoms with Crippen LogP contribution in [0.2, 0.25) is 0 Å². The molecule has 34 heavy (non-hydrogen) atoms. The van der Waals surface area contributed by atoms with E-state index in [2.05, 4.69) is 9.80 Å². The molecule has 2 aliphatic heterocycles. The molecule has 0 atom stereocenters. The van der Waals surface area contributed by atoms with Crippen LogP contribution in [0.15, 0.2) is 66.4 Å². The quantitative estimate of drug-likeness (QED) is 0.567. The first-order chi connectivity index (χ1) is 16.5. The third-order valence-electron chi connectivity index (χ3n) is 6.28. The molecule has 0 saturated carbocycles. The summed E-state index contributed by atoms with van der Waals surface area (Å²) in [5, 5.41) is 10.6. The van der Waals surface area contributed by atoms with Gasteiger partial charge in [-0.05, 0) is 60.2 Å². The lowest BCUT2D eigenvalue weighted by molar-refractivity contribution is 0.101. The van der Waals surface area contributed by atoms with Gasteiger partial charge in [0.05, 0.1) is 18.2 Å². The number of methoxy groups -OCH3 is 1. The number of piperazine rings is 1. The van der Waals surface area contributed by atoms with Gasteiger partial charge in [0.15, 0.2) is 5.76 Å². The summed E-state index contributed by atoms with van der Waals surface area (Å²) >= 11 is 0. The number of ether oxygens (including phenoxy) is 2. The molecule has 6 nitrogen and oxygen atoms in total. The van der Waals surface area contributed by atoms with E-state index in [-0.39, 0.29) is 23.1 Å². The van der Waals surface area contributed by atoms with Crippen LogP contribution >= 0.6 is 0 Å². The van der Waals surface area contributed by atoms with Crippen molar-refractivity contribution in [3.05, 3.63) is 88.9 Å². The average Bonchev–Trinajstić information content (AvgIpc) is 3.17. The zero-order valence-corrected chi connectivity index (χ0v) is 18.8. The minimum atomic E-state index is -0.245. The molecule has 174 valence electrons. The Balaban J connectivity index is 1.31. The third-order valence-corrected chi connectivity index (χ3v) is 6.28. The summed E-state index contributed by atoms with van der Waals surface area (Å²) in [6.07, 6.45) is 1.70. The zero-order valence-electron chi connectivity index (χ0n) is 18.8. The van der Waals surface area contributed by atoms with E-state index in [1.165, 1.54) is 12.1 Å². The maximum absolute atomic E-state index is 13.2. The Labute approximate surface area is 197 Å². The topological polar surface area (TPSA) is 62.2 Å². The summed E-state index contributed by atoms with van der Waals surface area (Å²) in [4.78, 5) is 17.4. The number of hydrogen-bond acceptors (Lipinski definition) is 6. The monoisotopic (exact) mass is 460 g/mol. The summed E-state index contributed by atoms with van der Waals surface area (Å²) in [5.41, 5.74) is 2.88. The molecule has 5 rings (SSSR count). The van der Waals surface area contributed by atoms with Gasteiger partial charge in [-0.15, -0.1) is 0 Å². The number of anilines is 1. The fraction of sp³-hybridized carbons (Fsp3) is 0.222. The normalized spacial score (nSPS) is 17.1. The largest absolute Gasteiger partial charge is 0.507 e. The second-order valence-corrected chi connectivity index (χ2v) is 8.39. The summed E-state index contributed by atoms with van der Waals surface area (Å²) in [6, 6.07) is 17.0. The number of allylic oxidation sites excluding steroid dienone is 1. The summed E-state index contributed by atoms with van der Waals surface area (Å²) in [7, 11) is 1.60. The Morgan fingerprint density at radius 2 is 1.71 bits per heavy atom. The molecule has 1 fully saturated rings. The number of carbonyl (C=O) groups excluding carboxylic acids is 1. The SMILES string of the molecule is COc1ccc(/C=C2\Oc3c(ccc(O)c3CN3CCN(c4ccc(F)cc4)CC3)C2=O)cc1. The summed E-state index contributed by atoms with van der Waals surface area (Å²) in [5.74, 6) is 1.05. The van der Waals surface area contributed by atoms with Crippen LogP contribution in [0.3, 0.4) is 0 Å². The predicted octanol–water partition coefficient (Wildman–Crippen LogP) is 4.48. The van der Waals surface area contributed by atoms with Crippen molar-refractivity contribution in [1.82, 2.24) is 4.90 Å². The van der Waals surface area contributed by atoms with Crippen LogP contribution in [0.1, 0.15) is 21.5 Å². The number of fused-ring (bicyclic) bond motifs is 1. The molecule has 2 heterocycles. The van der Waals surface area contributed by atoms with Crippen LogP contribution in [-0.2, 0) is 6.54 Å². The molecule has 0 spiro atoms.